The van der Waals surface area contributed by atoms with Gasteiger partial charge in [-0.3, -0.25) is 4.79 Å². The topological polar surface area (TPSA) is 89.7 Å². The highest BCUT2D eigenvalue weighted by molar-refractivity contribution is 7.90. The van der Waals surface area contributed by atoms with E-state index in [-0.39, 0.29) is 22.1 Å². The maximum Gasteiger partial charge on any atom is 0.269 e. The van der Waals surface area contributed by atoms with E-state index in [2.05, 4.69) is 9.88 Å². The van der Waals surface area contributed by atoms with Gasteiger partial charge in [0.1, 0.15) is 0 Å². The lowest BCUT2D eigenvalue weighted by molar-refractivity contribution is 0.122. The molecule has 1 atom stereocenters. The normalized spacial score (nSPS) is 14.8. The molecule has 0 bridgehead atoms. The van der Waals surface area contributed by atoms with Gasteiger partial charge >= 0.3 is 0 Å². The molecule has 1 unspecified atom stereocenters. The molecule has 2 aromatic carbocycles. The third-order valence-corrected chi connectivity index (χ3v) is 10.1. The number of hydrogen-bond donors (Lipinski definition) is 0. The Labute approximate surface area is 272 Å². The molecule has 0 amide bonds. The van der Waals surface area contributed by atoms with Gasteiger partial charge in [0.05, 0.1) is 36.0 Å². The predicted octanol–water partition coefficient (Wildman–Crippen LogP) is 5.70. The summed E-state index contributed by atoms with van der Waals surface area (Å²) in [5.41, 5.74) is 3.80. The van der Waals surface area contributed by atoms with Gasteiger partial charge in [-0.25, -0.2) is 17.4 Å². The highest BCUT2D eigenvalue weighted by Crippen LogP contribution is 2.35. The van der Waals surface area contributed by atoms with Gasteiger partial charge in [-0.05, 0) is 74.6 Å². The van der Waals surface area contributed by atoms with Crippen molar-refractivity contribution in [1.29, 1.82) is 0 Å². The van der Waals surface area contributed by atoms with E-state index in [1.165, 1.54) is 10.0 Å². The maximum atomic E-state index is 13.9. The van der Waals surface area contributed by atoms with E-state index in [4.69, 9.17) is 27.9 Å². The van der Waals surface area contributed by atoms with Gasteiger partial charge in [0.2, 0.25) is 0 Å². The van der Waals surface area contributed by atoms with Crippen LogP contribution in [0.1, 0.15) is 17.2 Å². The minimum atomic E-state index is -3.99. The Morgan fingerprint density at radius 2 is 1.67 bits per heavy atom. The maximum absolute atomic E-state index is 13.9. The fourth-order valence-electron chi connectivity index (χ4n) is 5.68. The van der Waals surface area contributed by atoms with Gasteiger partial charge in [-0.15, -0.1) is 0 Å². The van der Waals surface area contributed by atoms with Crippen LogP contribution in [0.2, 0.25) is 10.0 Å². The summed E-state index contributed by atoms with van der Waals surface area (Å²) in [6.45, 7) is 5.01. The summed E-state index contributed by atoms with van der Waals surface area (Å²) in [5.74, 6) is 0. The molecule has 234 valence electrons. The van der Waals surface area contributed by atoms with Crippen LogP contribution in [0.3, 0.4) is 0 Å². The monoisotopic (exact) mass is 665 g/mol. The van der Waals surface area contributed by atoms with Crippen molar-refractivity contribution in [3.05, 3.63) is 111 Å². The molecule has 45 heavy (non-hydrogen) atoms. The molecule has 1 saturated heterocycles. The number of fused-ring (bicyclic) bond motifs is 1. The van der Waals surface area contributed by atoms with Crippen LogP contribution < -0.4 is 10.5 Å². The summed E-state index contributed by atoms with van der Waals surface area (Å²) >= 11 is 12.7. The third kappa shape index (κ3) is 6.39. The van der Waals surface area contributed by atoms with Crippen molar-refractivity contribution >= 4 is 49.9 Å². The van der Waals surface area contributed by atoms with Crippen molar-refractivity contribution in [2.45, 2.75) is 17.9 Å². The van der Waals surface area contributed by atoms with Gasteiger partial charge in [0.15, 0.2) is 5.65 Å². The Morgan fingerprint density at radius 1 is 0.978 bits per heavy atom. The van der Waals surface area contributed by atoms with E-state index in [1.54, 1.807) is 53.5 Å². The van der Waals surface area contributed by atoms with E-state index >= 15 is 0 Å². The van der Waals surface area contributed by atoms with Gasteiger partial charge in [0, 0.05) is 59.1 Å². The summed E-state index contributed by atoms with van der Waals surface area (Å²) in [6, 6.07) is 16.9. The number of pyridine rings is 2. The van der Waals surface area contributed by atoms with E-state index in [9.17, 15) is 13.2 Å². The number of ether oxygens (including phenoxy) is 1. The molecule has 0 N–H and O–H groups in total. The number of halogens is 2. The number of rotatable bonds is 8. The lowest BCUT2D eigenvalue weighted by atomic mass is 10.0. The summed E-state index contributed by atoms with van der Waals surface area (Å²) < 4.78 is 36.2. The first-order valence-corrected chi connectivity index (χ1v) is 16.7. The van der Waals surface area contributed by atoms with Crippen molar-refractivity contribution in [1.82, 2.24) is 18.4 Å². The van der Waals surface area contributed by atoms with Crippen LogP contribution in [0.25, 0.3) is 22.2 Å². The zero-order valence-electron chi connectivity index (χ0n) is 25.2. The van der Waals surface area contributed by atoms with Gasteiger partial charge in [0.25, 0.3) is 15.6 Å². The van der Waals surface area contributed by atoms with E-state index in [0.717, 1.165) is 16.8 Å². The predicted molar refractivity (Wildman–Crippen MR) is 179 cm³/mol. The molecule has 0 saturated carbocycles. The molecule has 9 nitrogen and oxygen atoms in total. The molecule has 0 aliphatic carbocycles. The molecule has 12 heteroatoms. The van der Waals surface area contributed by atoms with Crippen LogP contribution in [0.5, 0.6) is 0 Å². The molecular formula is C33H33Cl2N5O4S. The van der Waals surface area contributed by atoms with Crippen molar-refractivity contribution < 1.29 is 13.2 Å². The molecule has 4 heterocycles. The Morgan fingerprint density at radius 3 is 2.31 bits per heavy atom. The first-order valence-electron chi connectivity index (χ1n) is 14.5. The van der Waals surface area contributed by atoms with Gasteiger partial charge in [-0.2, -0.15) is 0 Å². The first-order chi connectivity index (χ1) is 21.5. The minimum Gasteiger partial charge on any atom is -0.378 e. The Hall–Kier alpha value is -3.67. The number of nitrogens with zero attached hydrogens (tertiary/aromatic N) is 5. The number of benzene rings is 2. The van der Waals surface area contributed by atoms with Crippen LogP contribution >= 0.6 is 23.2 Å². The van der Waals surface area contributed by atoms with E-state index in [0.29, 0.717) is 59.4 Å². The highest BCUT2D eigenvalue weighted by Gasteiger charge is 2.25. The Bertz CT molecular complexity index is 2010. The minimum absolute atomic E-state index is 0.151. The van der Waals surface area contributed by atoms with E-state index in [1.807, 2.05) is 50.2 Å². The van der Waals surface area contributed by atoms with Gasteiger partial charge in [-0.1, -0.05) is 40.9 Å². The second kappa shape index (κ2) is 12.6. The molecule has 6 rings (SSSR count). The van der Waals surface area contributed by atoms with Crippen LogP contribution in [0, 0.1) is 6.92 Å². The highest BCUT2D eigenvalue weighted by atomic mass is 35.5. The molecule has 5 aromatic rings. The van der Waals surface area contributed by atoms with Crippen molar-refractivity contribution in [3.63, 3.8) is 0 Å². The lowest BCUT2D eigenvalue weighted by Gasteiger charge is -2.28. The van der Waals surface area contributed by atoms with Gasteiger partial charge < -0.3 is 19.1 Å². The van der Waals surface area contributed by atoms with Crippen LogP contribution in [0.15, 0.2) is 88.9 Å². The molecule has 0 spiro atoms. The fraction of sp³-hybridized carbons (Fsp3) is 0.273. The van der Waals surface area contributed by atoms with E-state index < -0.39 is 10.0 Å². The molecular weight excluding hydrogens is 633 g/mol. The van der Waals surface area contributed by atoms with Crippen molar-refractivity contribution in [2.24, 2.45) is 0 Å². The first kappa shape index (κ1) is 31.3. The SMILES string of the molecule is Cc1ccc(S(=O)(=O)n2cc(-c3ccn(C(CN(C)C)c4cc(Cl)cc(Cl)c4)c(=O)c3)c3cc(N4CCOCC4)cnc32)cc1. The van der Waals surface area contributed by atoms with Crippen LogP contribution in [-0.4, -0.2) is 73.8 Å². The number of aromatic nitrogens is 3. The average Bonchev–Trinajstić information content (AvgIpc) is 3.40. The second-order valence-electron chi connectivity index (χ2n) is 11.5. The molecule has 0 radical (unpaired) electrons. The summed E-state index contributed by atoms with van der Waals surface area (Å²) in [4.78, 5) is 22.8. The third-order valence-electron chi connectivity index (χ3n) is 7.95. The quantitative estimate of drug-likeness (QED) is 0.210. The number of aryl methyl sites for hydroxylation is 1. The van der Waals surface area contributed by atoms with Crippen molar-refractivity contribution in [2.75, 3.05) is 51.8 Å². The summed E-state index contributed by atoms with van der Waals surface area (Å²) in [6.07, 6.45) is 4.99. The largest absolute Gasteiger partial charge is 0.378 e. The number of anilines is 1. The number of morpholine rings is 1. The number of likely N-dealkylation sites (N-methyl/N-ethyl adjacent to an activating group) is 1. The molecule has 1 fully saturated rings. The molecule has 1 aliphatic rings. The standard InChI is InChI=1S/C33H33Cl2N5O4S/c1-22-4-6-28(7-5-22)45(42,43)40-20-30(29-18-27(19-36-33(29)40)38-10-12-44-13-11-38)23-8-9-39(32(41)16-23)31(21-37(2)3)24-14-25(34)17-26(35)15-24/h4-9,14-20,31H,10-13,21H2,1-3H3. The zero-order valence-corrected chi connectivity index (χ0v) is 27.5. The molecule has 1 aliphatic heterocycles. The number of hydrogen-bond acceptors (Lipinski definition) is 7. The second-order valence-corrected chi connectivity index (χ2v) is 14.2. The lowest BCUT2D eigenvalue weighted by Crippen LogP contribution is -2.36. The average molecular weight is 667 g/mol. The summed E-state index contributed by atoms with van der Waals surface area (Å²) in [7, 11) is -0.127. The Kier molecular flexibility index (Phi) is 8.78. The van der Waals surface area contributed by atoms with Crippen LogP contribution in [-0.2, 0) is 14.8 Å². The summed E-state index contributed by atoms with van der Waals surface area (Å²) in [5, 5.41) is 1.59. The van der Waals surface area contributed by atoms with Crippen LogP contribution in [0.4, 0.5) is 5.69 Å². The van der Waals surface area contributed by atoms with Crippen molar-refractivity contribution in [3.8, 4) is 11.1 Å². The zero-order chi connectivity index (χ0) is 31.9. The smallest absolute Gasteiger partial charge is 0.269 e. The fourth-order valence-corrected chi connectivity index (χ4v) is 7.55. The Balaban J connectivity index is 1.50. The molecule has 3 aromatic heterocycles.